The number of nitrogens with zero attached hydrogens (tertiary/aromatic N) is 2. The van der Waals surface area contributed by atoms with Crippen LogP contribution in [0.25, 0.3) is 0 Å². The molecule has 2 rings (SSSR count). The molecular weight excluding hydrogens is 238 g/mol. The minimum absolute atomic E-state index is 0.225. The molecule has 1 fully saturated rings. The molecule has 2 heterocycles. The van der Waals surface area contributed by atoms with Gasteiger partial charge in [-0.15, -0.1) is 0 Å². The van der Waals surface area contributed by atoms with E-state index in [-0.39, 0.29) is 5.41 Å². The van der Waals surface area contributed by atoms with Gasteiger partial charge in [-0.1, -0.05) is 13.0 Å². The number of aromatic nitrogens is 1. The van der Waals surface area contributed by atoms with Gasteiger partial charge in [-0.2, -0.15) is 0 Å². The number of ether oxygens (including phenoxy) is 1. The minimum Gasteiger partial charge on any atom is -0.381 e. The Bertz CT molecular complexity index is 363. The molecule has 0 aliphatic carbocycles. The third kappa shape index (κ3) is 4.00. The second-order valence-corrected chi connectivity index (χ2v) is 5.44. The first kappa shape index (κ1) is 14.4. The fourth-order valence-electron chi connectivity index (χ4n) is 2.71. The zero-order chi connectivity index (χ0) is 13.6. The molecule has 1 aliphatic heterocycles. The van der Waals surface area contributed by atoms with Crippen molar-refractivity contribution in [1.29, 1.82) is 0 Å². The van der Waals surface area contributed by atoms with Crippen LogP contribution in [-0.2, 0) is 11.3 Å². The Morgan fingerprint density at radius 1 is 1.37 bits per heavy atom. The van der Waals surface area contributed by atoms with E-state index in [1.807, 2.05) is 18.3 Å². The Morgan fingerprint density at radius 3 is 2.74 bits per heavy atom. The predicted molar refractivity (Wildman–Crippen MR) is 76.7 cm³/mol. The van der Waals surface area contributed by atoms with Crippen molar-refractivity contribution >= 4 is 0 Å². The summed E-state index contributed by atoms with van der Waals surface area (Å²) in [4.78, 5) is 6.86. The molecule has 0 bridgehead atoms. The molecule has 0 radical (unpaired) electrons. The van der Waals surface area contributed by atoms with Crippen LogP contribution in [0.5, 0.6) is 0 Å². The average Bonchev–Trinajstić information content (AvgIpc) is 2.48. The van der Waals surface area contributed by atoms with Gasteiger partial charge in [-0.25, -0.2) is 0 Å². The zero-order valence-electron chi connectivity index (χ0n) is 11.8. The summed E-state index contributed by atoms with van der Waals surface area (Å²) < 4.78 is 5.47. The standard InChI is InChI=1S/C15H25N3O/c1-2-18(11-14-5-3-4-8-17-14)13-15(12-16)6-9-19-10-7-15/h3-5,8H,2,6-7,9-13,16H2,1H3. The maximum Gasteiger partial charge on any atom is 0.0543 e. The molecule has 1 aromatic heterocycles. The summed E-state index contributed by atoms with van der Waals surface area (Å²) in [5, 5.41) is 0. The Morgan fingerprint density at radius 2 is 2.16 bits per heavy atom. The second-order valence-electron chi connectivity index (χ2n) is 5.44. The monoisotopic (exact) mass is 263 g/mol. The van der Waals surface area contributed by atoms with E-state index in [1.54, 1.807) is 0 Å². The number of hydrogen-bond donors (Lipinski definition) is 1. The lowest BCUT2D eigenvalue weighted by Gasteiger charge is -2.40. The highest BCUT2D eigenvalue weighted by molar-refractivity contribution is 5.03. The average molecular weight is 263 g/mol. The molecule has 0 spiro atoms. The Labute approximate surface area is 116 Å². The third-order valence-electron chi connectivity index (χ3n) is 4.10. The van der Waals surface area contributed by atoms with Crippen LogP contribution in [0.2, 0.25) is 0 Å². The molecule has 0 atom stereocenters. The van der Waals surface area contributed by atoms with Gasteiger partial charge in [0.15, 0.2) is 0 Å². The van der Waals surface area contributed by atoms with E-state index < -0.39 is 0 Å². The summed E-state index contributed by atoms with van der Waals surface area (Å²) in [6.07, 6.45) is 4.00. The van der Waals surface area contributed by atoms with Crippen LogP contribution in [0.3, 0.4) is 0 Å². The summed E-state index contributed by atoms with van der Waals surface area (Å²) in [6, 6.07) is 6.09. The molecule has 0 unspecified atom stereocenters. The van der Waals surface area contributed by atoms with Crippen LogP contribution in [0.4, 0.5) is 0 Å². The Kier molecular flexibility index (Phi) is 5.31. The lowest BCUT2D eigenvalue weighted by atomic mass is 9.79. The maximum absolute atomic E-state index is 6.04. The molecule has 4 nitrogen and oxygen atoms in total. The molecule has 0 aromatic carbocycles. The van der Waals surface area contributed by atoms with Gasteiger partial charge in [-0.05, 0) is 43.5 Å². The van der Waals surface area contributed by atoms with Crippen molar-refractivity contribution in [3.8, 4) is 0 Å². The second kappa shape index (κ2) is 6.98. The van der Waals surface area contributed by atoms with Gasteiger partial charge in [-0.3, -0.25) is 9.88 Å². The summed E-state index contributed by atoms with van der Waals surface area (Å²) in [5.74, 6) is 0. The first-order valence-electron chi connectivity index (χ1n) is 7.18. The predicted octanol–water partition coefficient (Wildman–Crippen LogP) is 1.66. The number of hydrogen-bond acceptors (Lipinski definition) is 4. The van der Waals surface area contributed by atoms with Crippen LogP contribution in [-0.4, -0.2) is 42.7 Å². The molecule has 4 heteroatoms. The highest BCUT2D eigenvalue weighted by Gasteiger charge is 2.32. The lowest BCUT2D eigenvalue weighted by molar-refractivity contribution is -0.000834. The van der Waals surface area contributed by atoms with Gasteiger partial charge in [0.2, 0.25) is 0 Å². The van der Waals surface area contributed by atoms with Crippen molar-refractivity contribution in [2.24, 2.45) is 11.1 Å². The zero-order valence-corrected chi connectivity index (χ0v) is 11.8. The summed E-state index contributed by atoms with van der Waals surface area (Å²) >= 11 is 0. The van der Waals surface area contributed by atoms with E-state index in [0.29, 0.717) is 0 Å². The molecule has 106 valence electrons. The first-order valence-corrected chi connectivity index (χ1v) is 7.18. The van der Waals surface area contributed by atoms with Crippen molar-refractivity contribution in [3.63, 3.8) is 0 Å². The van der Waals surface area contributed by atoms with E-state index in [4.69, 9.17) is 10.5 Å². The van der Waals surface area contributed by atoms with E-state index in [9.17, 15) is 0 Å². The number of nitrogens with two attached hydrogens (primary N) is 1. The quantitative estimate of drug-likeness (QED) is 0.848. The van der Waals surface area contributed by atoms with Gasteiger partial charge in [0.05, 0.1) is 5.69 Å². The third-order valence-corrected chi connectivity index (χ3v) is 4.10. The molecule has 2 N–H and O–H groups in total. The van der Waals surface area contributed by atoms with E-state index in [2.05, 4.69) is 22.9 Å². The number of rotatable bonds is 6. The van der Waals surface area contributed by atoms with Gasteiger partial charge in [0.1, 0.15) is 0 Å². The largest absolute Gasteiger partial charge is 0.381 e. The molecule has 0 amide bonds. The molecule has 1 aromatic rings. The summed E-state index contributed by atoms with van der Waals surface area (Å²) in [7, 11) is 0. The minimum atomic E-state index is 0.225. The van der Waals surface area contributed by atoms with E-state index in [0.717, 1.165) is 57.9 Å². The van der Waals surface area contributed by atoms with Crippen molar-refractivity contribution in [3.05, 3.63) is 30.1 Å². The van der Waals surface area contributed by atoms with Crippen molar-refractivity contribution in [2.45, 2.75) is 26.3 Å². The lowest BCUT2D eigenvalue weighted by Crippen LogP contribution is -2.45. The van der Waals surface area contributed by atoms with Crippen molar-refractivity contribution in [1.82, 2.24) is 9.88 Å². The fourth-order valence-corrected chi connectivity index (χ4v) is 2.71. The molecule has 1 aliphatic rings. The molecule has 0 saturated carbocycles. The normalized spacial score (nSPS) is 18.7. The maximum atomic E-state index is 6.04. The van der Waals surface area contributed by atoms with Crippen LogP contribution in [0.15, 0.2) is 24.4 Å². The van der Waals surface area contributed by atoms with E-state index in [1.165, 1.54) is 0 Å². The van der Waals surface area contributed by atoms with Gasteiger partial charge in [0, 0.05) is 32.5 Å². The van der Waals surface area contributed by atoms with Crippen molar-refractivity contribution in [2.75, 3.05) is 32.8 Å². The Hall–Kier alpha value is -0.970. The molecule has 19 heavy (non-hydrogen) atoms. The smallest absolute Gasteiger partial charge is 0.0543 e. The molecule has 1 saturated heterocycles. The summed E-state index contributed by atoms with van der Waals surface area (Å²) in [6.45, 7) is 7.61. The highest BCUT2D eigenvalue weighted by atomic mass is 16.5. The number of pyridine rings is 1. The highest BCUT2D eigenvalue weighted by Crippen LogP contribution is 2.30. The van der Waals surface area contributed by atoms with Crippen LogP contribution in [0.1, 0.15) is 25.5 Å². The van der Waals surface area contributed by atoms with Crippen molar-refractivity contribution < 1.29 is 4.74 Å². The van der Waals surface area contributed by atoms with Gasteiger partial charge < -0.3 is 10.5 Å². The Balaban J connectivity index is 1.97. The van der Waals surface area contributed by atoms with Gasteiger partial charge >= 0.3 is 0 Å². The van der Waals surface area contributed by atoms with Gasteiger partial charge in [0.25, 0.3) is 0 Å². The van der Waals surface area contributed by atoms with E-state index >= 15 is 0 Å². The SMILES string of the molecule is CCN(Cc1ccccn1)CC1(CN)CCOCC1. The van der Waals surface area contributed by atoms with Crippen LogP contribution < -0.4 is 5.73 Å². The van der Waals surface area contributed by atoms with Crippen LogP contribution >= 0.6 is 0 Å². The van der Waals surface area contributed by atoms with Crippen LogP contribution in [0, 0.1) is 5.41 Å². The summed E-state index contributed by atoms with van der Waals surface area (Å²) in [5.41, 5.74) is 7.39. The molecular formula is C15H25N3O. The topological polar surface area (TPSA) is 51.4 Å². The first-order chi connectivity index (χ1) is 9.28. The fraction of sp³-hybridized carbons (Fsp3) is 0.667.